The summed E-state index contributed by atoms with van der Waals surface area (Å²) < 4.78 is 11.9. The third kappa shape index (κ3) is 8.71. The van der Waals surface area contributed by atoms with Crippen LogP contribution in [-0.4, -0.2) is 68.4 Å². The molecule has 0 aromatic rings. The van der Waals surface area contributed by atoms with Crippen LogP contribution in [0.4, 0.5) is 0 Å². The summed E-state index contributed by atoms with van der Waals surface area (Å²) in [6.45, 7) is 16.3. The summed E-state index contributed by atoms with van der Waals surface area (Å²) in [6, 6.07) is 4.14. The Labute approximate surface area is 224 Å². The molecule has 6 heteroatoms. The standard InChI is InChI=1S/C31H44N4O2/c1-5-35(6-2)29-12-11-26(30(20-29)37-16-8-7-13-34-14-17-36-18-15-34)10-9-25-19-27(28(23-32)24-33)22-31(3,4)21-25/h9-12,19-20,26,30H,5-8,13-18,21-22H2,1-4H3/b10-9+. The summed E-state index contributed by atoms with van der Waals surface area (Å²) in [7, 11) is 0. The Balaban J connectivity index is 1.69. The number of rotatable bonds is 11. The molecule has 0 aromatic carbocycles. The van der Waals surface area contributed by atoms with Crippen LogP contribution >= 0.6 is 0 Å². The lowest BCUT2D eigenvalue weighted by Gasteiger charge is -2.31. The SMILES string of the molecule is CCN(CC)C1=CC(OCCCCN2CCOCC2)C(/C=C/C2=CC(=C(C#N)C#N)CC(C)(C)C2)C=C1. The molecule has 2 atom stereocenters. The topological polar surface area (TPSA) is 72.5 Å². The first-order chi connectivity index (χ1) is 17.9. The van der Waals surface area contributed by atoms with Gasteiger partial charge >= 0.3 is 0 Å². The molecule has 3 aliphatic rings. The first-order valence-electron chi connectivity index (χ1n) is 13.9. The number of morpholine rings is 1. The van der Waals surface area contributed by atoms with Gasteiger partial charge in [-0.3, -0.25) is 4.90 Å². The molecular formula is C31H44N4O2. The molecule has 1 saturated heterocycles. The molecule has 0 saturated carbocycles. The van der Waals surface area contributed by atoms with Gasteiger partial charge in [-0.25, -0.2) is 0 Å². The number of allylic oxidation sites excluding steroid dienone is 6. The minimum absolute atomic E-state index is 0.0112. The summed E-state index contributed by atoms with van der Waals surface area (Å²) in [5.74, 6) is 0.142. The molecule has 3 rings (SSSR count). The van der Waals surface area contributed by atoms with Gasteiger partial charge < -0.3 is 14.4 Å². The fourth-order valence-electron chi connectivity index (χ4n) is 5.40. The molecule has 0 N–H and O–H groups in total. The molecular weight excluding hydrogens is 460 g/mol. The Bertz CT molecular complexity index is 979. The summed E-state index contributed by atoms with van der Waals surface area (Å²) in [5.41, 5.74) is 3.46. The van der Waals surface area contributed by atoms with Crippen LogP contribution in [0.5, 0.6) is 0 Å². The van der Waals surface area contributed by atoms with Crippen molar-refractivity contribution in [2.75, 3.05) is 52.5 Å². The van der Waals surface area contributed by atoms with Crippen LogP contribution in [0.15, 0.2) is 58.9 Å². The van der Waals surface area contributed by atoms with E-state index in [2.05, 4.69) is 80.0 Å². The van der Waals surface area contributed by atoms with Gasteiger partial charge in [0.15, 0.2) is 0 Å². The Hall–Kier alpha value is -2.64. The maximum absolute atomic E-state index is 9.39. The van der Waals surface area contributed by atoms with Crippen LogP contribution in [0.25, 0.3) is 0 Å². The van der Waals surface area contributed by atoms with Crippen LogP contribution in [0.2, 0.25) is 0 Å². The van der Waals surface area contributed by atoms with Gasteiger partial charge in [-0.05, 0) is 74.8 Å². The lowest BCUT2D eigenvalue weighted by molar-refractivity contribution is 0.0328. The predicted octanol–water partition coefficient (Wildman–Crippen LogP) is 5.54. The molecule has 6 nitrogen and oxygen atoms in total. The zero-order valence-corrected chi connectivity index (χ0v) is 23.2. The summed E-state index contributed by atoms with van der Waals surface area (Å²) >= 11 is 0. The van der Waals surface area contributed by atoms with Crippen molar-refractivity contribution in [3.63, 3.8) is 0 Å². The third-order valence-corrected chi connectivity index (χ3v) is 7.40. The van der Waals surface area contributed by atoms with Gasteiger partial charge in [-0.2, -0.15) is 10.5 Å². The molecule has 1 fully saturated rings. The van der Waals surface area contributed by atoms with Gasteiger partial charge in [-0.1, -0.05) is 38.2 Å². The van der Waals surface area contributed by atoms with Crippen molar-refractivity contribution in [1.82, 2.24) is 9.80 Å². The van der Waals surface area contributed by atoms with Crippen molar-refractivity contribution in [2.24, 2.45) is 11.3 Å². The molecule has 1 aliphatic heterocycles. The second-order valence-electron chi connectivity index (χ2n) is 10.9. The van der Waals surface area contributed by atoms with E-state index in [1.54, 1.807) is 0 Å². The molecule has 0 aromatic heterocycles. The zero-order chi connectivity index (χ0) is 26.7. The largest absolute Gasteiger partial charge is 0.379 e. The van der Waals surface area contributed by atoms with Crippen LogP contribution in [0.3, 0.4) is 0 Å². The lowest BCUT2D eigenvalue weighted by Crippen LogP contribution is -2.36. The van der Waals surface area contributed by atoms with Crippen molar-refractivity contribution < 1.29 is 9.47 Å². The highest BCUT2D eigenvalue weighted by atomic mass is 16.5. The zero-order valence-electron chi connectivity index (χ0n) is 23.2. The normalized spacial score (nSPS) is 23.8. The average molecular weight is 505 g/mol. The van der Waals surface area contributed by atoms with Crippen molar-refractivity contribution in [3.8, 4) is 12.1 Å². The van der Waals surface area contributed by atoms with E-state index < -0.39 is 0 Å². The Morgan fingerprint density at radius 3 is 2.57 bits per heavy atom. The predicted molar refractivity (Wildman–Crippen MR) is 148 cm³/mol. The van der Waals surface area contributed by atoms with E-state index in [1.807, 2.05) is 6.08 Å². The fraction of sp³-hybridized carbons (Fsp3) is 0.613. The molecule has 2 aliphatic carbocycles. The smallest absolute Gasteiger partial charge is 0.132 e. The second kappa shape index (κ2) is 14.3. The summed E-state index contributed by atoms with van der Waals surface area (Å²) in [5, 5.41) is 18.8. The Morgan fingerprint density at radius 1 is 1.16 bits per heavy atom. The Kier molecular flexibility index (Phi) is 11.2. The number of hydrogen-bond donors (Lipinski definition) is 0. The summed E-state index contributed by atoms with van der Waals surface area (Å²) in [4.78, 5) is 4.84. The number of nitrogens with zero attached hydrogens (tertiary/aromatic N) is 4. The minimum Gasteiger partial charge on any atom is -0.379 e. The molecule has 0 bridgehead atoms. The van der Waals surface area contributed by atoms with Crippen LogP contribution in [0.1, 0.15) is 53.4 Å². The highest BCUT2D eigenvalue weighted by molar-refractivity contribution is 5.49. The number of unbranched alkanes of at least 4 members (excludes halogenated alkanes) is 1. The van der Waals surface area contributed by atoms with Crippen LogP contribution in [0, 0.1) is 34.0 Å². The number of nitriles is 2. The highest BCUT2D eigenvalue weighted by Gasteiger charge is 2.27. The number of ether oxygens (including phenoxy) is 2. The van der Waals surface area contributed by atoms with E-state index in [4.69, 9.17) is 9.47 Å². The maximum atomic E-state index is 9.39. The number of hydrogen-bond acceptors (Lipinski definition) is 6. The van der Waals surface area contributed by atoms with Gasteiger partial charge in [0, 0.05) is 44.4 Å². The van der Waals surface area contributed by atoms with E-state index in [0.717, 1.165) is 89.4 Å². The van der Waals surface area contributed by atoms with Crippen molar-refractivity contribution >= 4 is 0 Å². The second-order valence-corrected chi connectivity index (χ2v) is 10.9. The Morgan fingerprint density at radius 2 is 1.89 bits per heavy atom. The van der Waals surface area contributed by atoms with Gasteiger partial charge in [0.1, 0.15) is 17.7 Å². The maximum Gasteiger partial charge on any atom is 0.132 e. The molecule has 0 radical (unpaired) electrons. The molecule has 0 amide bonds. The quantitative estimate of drug-likeness (QED) is 0.272. The van der Waals surface area contributed by atoms with Gasteiger partial charge in [0.05, 0.1) is 19.3 Å². The van der Waals surface area contributed by atoms with E-state index in [1.165, 1.54) is 5.70 Å². The first kappa shape index (κ1) is 28.9. The van der Waals surface area contributed by atoms with E-state index in [-0.39, 0.29) is 23.0 Å². The number of likely N-dealkylation sites (N-methyl/N-ethyl adjacent to an activating group) is 1. The van der Waals surface area contributed by atoms with Crippen molar-refractivity contribution in [2.45, 2.75) is 59.5 Å². The summed E-state index contributed by atoms with van der Waals surface area (Å²) in [6.07, 6.45) is 17.0. The van der Waals surface area contributed by atoms with E-state index >= 15 is 0 Å². The van der Waals surface area contributed by atoms with Gasteiger partial charge in [-0.15, -0.1) is 0 Å². The third-order valence-electron chi connectivity index (χ3n) is 7.40. The highest BCUT2D eigenvalue weighted by Crippen LogP contribution is 2.39. The van der Waals surface area contributed by atoms with Crippen LogP contribution < -0.4 is 0 Å². The van der Waals surface area contributed by atoms with E-state index in [9.17, 15) is 10.5 Å². The van der Waals surface area contributed by atoms with E-state index in [0.29, 0.717) is 0 Å². The lowest BCUT2D eigenvalue weighted by atomic mass is 9.74. The van der Waals surface area contributed by atoms with Crippen molar-refractivity contribution in [1.29, 1.82) is 10.5 Å². The molecule has 200 valence electrons. The molecule has 37 heavy (non-hydrogen) atoms. The fourth-order valence-corrected chi connectivity index (χ4v) is 5.40. The average Bonchev–Trinajstić information content (AvgIpc) is 2.89. The van der Waals surface area contributed by atoms with Crippen molar-refractivity contribution in [3.05, 3.63) is 58.9 Å². The first-order valence-corrected chi connectivity index (χ1v) is 13.9. The monoisotopic (exact) mass is 504 g/mol. The molecule has 2 unspecified atom stereocenters. The van der Waals surface area contributed by atoms with Gasteiger partial charge in [0.25, 0.3) is 0 Å². The minimum atomic E-state index is -0.0128. The van der Waals surface area contributed by atoms with Crippen LogP contribution in [-0.2, 0) is 9.47 Å². The van der Waals surface area contributed by atoms with Gasteiger partial charge in [0.2, 0.25) is 0 Å². The molecule has 0 spiro atoms. The molecule has 1 heterocycles.